The maximum absolute atomic E-state index is 6.34. The summed E-state index contributed by atoms with van der Waals surface area (Å²) < 4.78 is 12.6. The molecule has 1 fully saturated rings. The zero-order chi connectivity index (χ0) is 13.5. The van der Waals surface area contributed by atoms with Crippen LogP contribution in [0, 0.1) is 0 Å². The molecule has 1 aliphatic heterocycles. The van der Waals surface area contributed by atoms with Crippen LogP contribution >= 0.6 is 0 Å². The minimum atomic E-state index is -0.0120. The molecule has 2 nitrogen and oxygen atoms in total. The minimum Gasteiger partial charge on any atom is -0.370 e. The molecule has 0 amide bonds. The Morgan fingerprint density at radius 1 is 0.722 bits per heavy atom. The van der Waals surface area contributed by atoms with Crippen molar-refractivity contribution in [2.24, 2.45) is 0 Å². The van der Waals surface area contributed by atoms with E-state index in [1.165, 1.54) is 25.7 Å². The maximum Gasteiger partial charge on any atom is 0.0916 e. The average Bonchev–Trinajstić information content (AvgIpc) is 2.44. The number of hydrogen-bond acceptors (Lipinski definition) is 2. The Bertz CT molecular complexity index is 201. The normalized spacial score (nSPS) is 22.0. The standard InChI is InChI=1S/C16H32O2/c1-5-9-11-16(12-10-6-2)14-17-15(7-3,8-4)13-18-16/h5-14H2,1-4H3. The van der Waals surface area contributed by atoms with Crippen molar-refractivity contribution in [2.75, 3.05) is 13.2 Å². The van der Waals surface area contributed by atoms with E-state index in [4.69, 9.17) is 9.47 Å². The SMILES string of the molecule is CCCCC1(CCCC)COC(CC)(CC)CO1. The van der Waals surface area contributed by atoms with Crippen molar-refractivity contribution in [3.05, 3.63) is 0 Å². The van der Waals surface area contributed by atoms with Crippen molar-refractivity contribution in [3.63, 3.8) is 0 Å². The second-order valence-corrected chi connectivity index (χ2v) is 5.86. The highest BCUT2D eigenvalue weighted by molar-refractivity contribution is 4.90. The van der Waals surface area contributed by atoms with Gasteiger partial charge in [0.2, 0.25) is 0 Å². The molecule has 0 spiro atoms. The van der Waals surface area contributed by atoms with Crippen LogP contribution in [-0.2, 0) is 9.47 Å². The summed E-state index contributed by atoms with van der Waals surface area (Å²) in [7, 11) is 0. The van der Waals surface area contributed by atoms with Crippen LogP contribution in [0.3, 0.4) is 0 Å². The second kappa shape index (κ2) is 7.49. The Hall–Kier alpha value is -0.0800. The summed E-state index contributed by atoms with van der Waals surface area (Å²) >= 11 is 0. The van der Waals surface area contributed by atoms with Gasteiger partial charge in [-0.15, -0.1) is 0 Å². The van der Waals surface area contributed by atoms with E-state index in [0.717, 1.165) is 38.9 Å². The third kappa shape index (κ3) is 3.96. The van der Waals surface area contributed by atoms with Gasteiger partial charge in [-0.2, -0.15) is 0 Å². The molecule has 18 heavy (non-hydrogen) atoms. The van der Waals surface area contributed by atoms with Crippen LogP contribution < -0.4 is 0 Å². The van der Waals surface area contributed by atoms with Crippen LogP contribution in [0.4, 0.5) is 0 Å². The molecule has 0 aliphatic carbocycles. The van der Waals surface area contributed by atoms with Crippen LogP contribution in [0.1, 0.15) is 79.1 Å². The lowest BCUT2D eigenvalue weighted by Crippen LogP contribution is -2.53. The molecule has 1 rings (SSSR count). The predicted octanol–water partition coefficient (Wildman–Crippen LogP) is 4.71. The van der Waals surface area contributed by atoms with Gasteiger partial charge in [0.25, 0.3) is 0 Å². The molecule has 1 saturated heterocycles. The lowest BCUT2D eigenvalue weighted by molar-refractivity contribution is -0.242. The fraction of sp³-hybridized carbons (Fsp3) is 1.00. The molecule has 0 unspecified atom stereocenters. The van der Waals surface area contributed by atoms with E-state index in [2.05, 4.69) is 27.7 Å². The molecule has 108 valence electrons. The molecule has 1 heterocycles. The van der Waals surface area contributed by atoms with Crippen molar-refractivity contribution in [3.8, 4) is 0 Å². The topological polar surface area (TPSA) is 18.5 Å². The first-order valence-electron chi connectivity index (χ1n) is 7.94. The zero-order valence-corrected chi connectivity index (χ0v) is 12.9. The van der Waals surface area contributed by atoms with Crippen LogP contribution in [0.5, 0.6) is 0 Å². The van der Waals surface area contributed by atoms with Crippen LogP contribution in [0.2, 0.25) is 0 Å². The summed E-state index contributed by atoms with van der Waals surface area (Å²) in [5.41, 5.74) is 0.00178. The minimum absolute atomic E-state index is 0.0120. The zero-order valence-electron chi connectivity index (χ0n) is 12.9. The van der Waals surface area contributed by atoms with E-state index in [1.807, 2.05) is 0 Å². The van der Waals surface area contributed by atoms with Gasteiger partial charge in [-0.05, 0) is 25.7 Å². The lowest BCUT2D eigenvalue weighted by atomic mass is 9.88. The molecule has 0 N–H and O–H groups in total. The van der Waals surface area contributed by atoms with E-state index in [-0.39, 0.29) is 11.2 Å². The Morgan fingerprint density at radius 3 is 1.50 bits per heavy atom. The van der Waals surface area contributed by atoms with Crippen molar-refractivity contribution < 1.29 is 9.47 Å². The van der Waals surface area contributed by atoms with Crippen molar-refractivity contribution >= 4 is 0 Å². The molecule has 0 aromatic carbocycles. The summed E-state index contributed by atoms with van der Waals surface area (Å²) in [6, 6.07) is 0. The van der Waals surface area contributed by atoms with Gasteiger partial charge in [0.1, 0.15) is 0 Å². The highest BCUT2D eigenvalue weighted by Gasteiger charge is 2.42. The fourth-order valence-corrected chi connectivity index (χ4v) is 2.72. The number of unbranched alkanes of at least 4 members (excludes halogenated alkanes) is 2. The van der Waals surface area contributed by atoms with E-state index in [1.54, 1.807) is 0 Å². The maximum atomic E-state index is 6.34. The molecule has 0 aromatic rings. The second-order valence-electron chi connectivity index (χ2n) is 5.86. The summed E-state index contributed by atoms with van der Waals surface area (Å²) in [6.45, 7) is 10.5. The first-order chi connectivity index (χ1) is 8.66. The Labute approximate surface area is 113 Å². The molecular weight excluding hydrogens is 224 g/mol. The summed E-state index contributed by atoms with van der Waals surface area (Å²) in [6.07, 6.45) is 9.41. The molecule has 0 bridgehead atoms. The number of ether oxygens (including phenoxy) is 2. The van der Waals surface area contributed by atoms with Gasteiger partial charge in [0.15, 0.2) is 0 Å². The highest BCUT2D eigenvalue weighted by Crippen LogP contribution is 2.36. The first-order valence-corrected chi connectivity index (χ1v) is 7.94. The van der Waals surface area contributed by atoms with Gasteiger partial charge in [-0.25, -0.2) is 0 Å². The molecule has 0 aromatic heterocycles. The van der Waals surface area contributed by atoms with Crippen LogP contribution in [0.25, 0.3) is 0 Å². The Balaban J connectivity index is 2.59. The van der Waals surface area contributed by atoms with E-state index in [9.17, 15) is 0 Å². The molecule has 0 atom stereocenters. The van der Waals surface area contributed by atoms with Crippen molar-refractivity contribution in [1.82, 2.24) is 0 Å². The molecular formula is C16H32O2. The average molecular weight is 256 g/mol. The third-order valence-corrected chi connectivity index (χ3v) is 4.54. The largest absolute Gasteiger partial charge is 0.370 e. The quantitative estimate of drug-likeness (QED) is 0.626. The van der Waals surface area contributed by atoms with E-state index in [0.29, 0.717) is 0 Å². The predicted molar refractivity (Wildman–Crippen MR) is 77.0 cm³/mol. The molecule has 1 aliphatic rings. The van der Waals surface area contributed by atoms with Crippen molar-refractivity contribution in [1.29, 1.82) is 0 Å². The summed E-state index contributed by atoms with van der Waals surface area (Å²) in [4.78, 5) is 0. The Kier molecular flexibility index (Phi) is 6.65. The van der Waals surface area contributed by atoms with E-state index >= 15 is 0 Å². The van der Waals surface area contributed by atoms with Crippen molar-refractivity contribution in [2.45, 2.75) is 90.3 Å². The highest BCUT2D eigenvalue weighted by atomic mass is 16.6. The molecule has 0 radical (unpaired) electrons. The van der Waals surface area contributed by atoms with Gasteiger partial charge in [-0.1, -0.05) is 53.4 Å². The van der Waals surface area contributed by atoms with Crippen LogP contribution in [-0.4, -0.2) is 24.4 Å². The van der Waals surface area contributed by atoms with Gasteiger partial charge >= 0.3 is 0 Å². The third-order valence-electron chi connectivity index (χ3n) is 4.54. The molecule has 2 heteroatoms. The van der Waals surface area contributed by atoms with Gasteiger partial charge < -0.3 is 9.47 Å². The van der Waals surface area contributed by atoms with Gasteiger partial charge in [0.05, 0.1) is 24.4 Å². The van der Waals surface area contributed by atoms with Gasteiger partial charge in [-0.3, -0.25) is 0 Å². The summed E-state index contributed by atoms with van der Waals surface area (Å²) in [5.74, 6) is 0. The number of rotatable bonds is 8. The summed E-state index contributed by atoms with van der Waals surface area (Å²) in [5, 5.41) is 0. The first kappa shape index (κ1) is 16.0. The molecule has 0 saturated carbocycles. The van der Waals surface area contributed by atoms with Crippen LogP contribution in [0.15, 0.2) is 0 Å². The van der Waals surface area contributed by atoms with Gasteiger partial charge in [0, 0.05) is 0 Å². The monoisotopic (exact) mass is 256 g/mol. The fourth-order valence-electron chi connectivity index (χ4n) is 2.72. The number of hydrogen-bond donors (Lipinski definition) is 0. The Morgan fingerprint density at radius 2 is 1.17 bits per heavy atom. The smallest absolute Gasteiger partial charge is 0.0916 e. The lowest BCUT2D eigenvalue weighted by Gasteiger charge is -2.46. The van der Waals surface area contributed by atoms with E-state index < -0.39 is 0 Å².